The van der Waals surface area contributed by atoms with Crippen molar-refractivity contribution in [3.63, 3.8) is 0 Å². The van der Waals surface area contributed by atoms with Gasteiger partial charge in [-0.15, -0.1) is 29.8 Å². The molecule has 0 amide bonds. The fourth-order valence-corrected chi connectivity index (χ4v) is 5.15. The summed E-state index contributed by atoms with van der Waals surface area (Å²) in [5.41, 5.74) is 11.6. The second-order valence-corrected chi connectivity index (χ2v) is 10.7. The molecule has 2 nitrogen and oxygen atoms in total. The molecule has 0 spiro atoms. The zero-order chi connectivity index (χ0) is 27.5. The largest absolute Gasteiger partial charge is 0.300 e. The van der Waals surface area contributed by atoms with Gasteiger partial charge in [0.15, 0.2) is 0 Å². The van der Waals surface area contributed by atoms with Gasteiger partial charge in [0.25, 0.3) is 0 Å². The fourth-order valence-electron chi connectivity index (χ4n) is 5.15. The third kappa shape index (κ3) is 6.35. The normalized spacial score (nSPS) is 10.8. The SMILES string of the molecule is C.Cc1cc(-c2ccccc2)ccc1-c1cccc(C(C)(C)c2cccc(-c3[c-]cc(-c4ccccc4)cc3)n2)n1.[Pt]. The van der Waals surface area contributed by atoms with Gasteiger partial charge in [-0.2, -0.15) is 0 Å². The van der Waals surface area contributed by atoms with Gasteiger partial charge in [0, 0.05) is 37.7 Å². The van der Waals surface area contributed by atoms with Crippen molar-refractivity contribution >= 4 is 0 Å². The van der Waals surface area contributed by atoms with Crippen LogP contribution in [0.1, 0.15) is 38.2 Å². The molecule has 0 aliphatic carbocycles. The van der Waals surface area contributed by atoms with E-state index in [1.54, 1.807) is 0 Å². The van der Waals surface area contributed by atoms with Gasteiger partial charge in [-0.1, -0.05) is 116 Å². The molecule has 0 atom stereocenters. The third-order valence-corrected chi connectivity index (χ3v) is 7.58. The average molecular weight is 727 g/mol. The number of aryl methyl sites for hydroxylation is 1. The van der Waals surface area contributed by atoms with Crippen LogP contribution in [-0.2, 0) is 26.5 Å². The minimum atomic E-state index is -0.381. The van der Waals surface area contributed by atoms with Gasteiger partial charge >= 0.3 is 0 Å². The monoisotopic (exact) mass is 726 g/mol. The molecule has 0 N–H and O–H groups in total. The van der Waals surface area contributed by atoms with E-state index in [-0.39, 0.29) is 33.9 Å². The van der Waals surface area contributed by atoms with E-state index in [2.05, 4.69) is 142 Å². The van der Waals surface area contributed by atoms with Crippen molar-refractivity contribution in [2.24, 2.45) is 0 Å². The zero-order valence-electron chi connectivity index (χ0n) is 23.4. The minimum Gasteiger partial charge on any atom is -0.300 e. The Kier molecular flexibility index (Phi) is 9.71. The number of benzene rings is 4. The molecule has 0 saturated carbocycles. The smallest absolute Gasteiger partial charge is 0.0708 e. The Bertz CT molecular complexity index is 1760. The summed E-state index contributed by atoms with van der Waals surface area (Å²) in [6.45, 7) is 6.55. The molecular weight excluding hydrogens is 692 g/mol. The van der Waals surface area contributed by atoms with Crippen LogP contribution in [0.3, 0.4) is 0 Å². The van der Waals surface area contributed by atoms with Crippen molar-refractivity contribution in [3.05, 3.63) is 156 Å². The second-order valence-electron chi connectivity index (χ2n) is 10.7. The first kappa shape index (κ1) is 30.8. The standard InChI is InChI=1S/C38H31N2.CH4.Pt/c1-27-26-32(29-14-8-5-9-15-29)24-25-33(27)35-17-11-19-37(40-35)38(2,3)36-18-10-16-34(39-36)31-22-20-30(21-23-31)28-12-6-4-7-13-28;;/h4-22,24-26H,1-3H3;1H4;/q-1;;. The van der Waals surface area contributed by atoms with Crippen LogP contribution in [-0.4, -0.2) is 9.97 Å². The van der Waals surface area contributed by atoms with E-state index in [9.17, 15) is 0 Å². The van der Waals surface area contributed by atoms with Crippen LogP contribution in [0.4, 0.5) is 0 Å². The van der Waals surface area contributed by atoms with Crippen molar-refractivity contribution in [2.75, 3.05) is 0 Å². The van der Waals surface area contributed by atoms with E-state index >= 15 is 0 Å². The van der Waals surface area contributed by atoms with Crippen LogP contribution < -0.4 is 0 Å². The number of hydrogen-bond acceptors (Lipinski definition) is 2. The molecule has 0 unspecified atom stereocenters. The molecule has 6 rings (SSSR count). The van der Waals surface area contributed by atoms with Crippen LogP contribution in [0.2, 0.25) is 0 Å². The Morgan fingerprint density at radius 1 is 0.548 bits per heavy atom. The molecule has 0 saturated heterocycles. The number of nitrogens with zero attached hydrogens (tertiary/aromatic N) is 2. The minimum absolute atomic E-state index is 0. The van der Waals surface area contributed by atoms with E-state index in [4.69, 9.17) is 9.97 Å². The third-order valence-electron chi connectivity index (χ3n) is 7.58. The molecule has 2 heterocycles. The first-order valence-corrected chi connectivity index (χ1v) is 13.7. The van der Waals surface area contributed by atoms with Gasteiger partial charge in [0.2, 0.25) is 0 Å². The number of pyridine rings is 2. The van der Waals surface area contributed by atoms with Gasteiger partial charge in [0.05, 0.1) is 11.4 Å². The maximum atomic E-state index is 5.15. The van der Waals surface area contributed by atoms with E-state index in [1.807, 2.05) is 18.2 Å². The first-order chi connectivity index (χ1) is 19.5. The van der Waals surface area contributed by atoms with Crippen LogP contribution in [0.15, 0.2) is 133 Å². The Balaban J connectivity index is 0.00000202. The summed E-state index contributed by atoms with van der Waals surface area (Å²) in [4.78, 5) is 10.2. The van der Waals surface area contributed by atoms with Gasteiger partial charge in [0.1, 0.15) is 0 Å². The molecule has 3 heteroatoms. The Morgan fingerprint density at radius 2 is 1.10 bits per heavy atom. The van der Waals surface area contributed by atoms with Gasteiger partial charge < -0.3 is 4.98 Å². The Labute approximate surface area is 264 Å². The first-order valence-electron chi connectivity index (χ1n) is 13.7. The predicted molar refractivity (Wildman–Crippen MR) is 173 cm³/mol. The summed E-state index contributed by atoms with van der Waals surface area (Å²) in [7, 11) is 0. The maximum Gasteiger partial charge on any atom is 0.0708 e. The quantitative estimate of drug-likeness (QED) is 0.160. The summed E-state index contributed by atoms with van der Waals surface area (Å²) >= 11 is 0. The molecule has 0 aliphatic rings. The molecule has 4 aromatic carbocycles. The zero-order valence-corrected chi connectivity index (χ0v) is 25.7. The maximum absolute atomic E-state index is 5.15. The molecule has 6 aromatic rings. The summed E-state index contributed by atoms with van der Waals surface area (Å²) < 4.78 is 0. The number of rotatable bonds is 6. The van der Waals surface area contributed by atoms with Crippen molar-refractivity contribution in [2.45, 2.75) is 33.6 Å². The van der Waals surface area contributed by atoms with Gasteiger partial charge in [-0.3, -0.25) is 4.98 Å². The Hall–Kier alpha value is -4.13. The topological polar surface area (TPSA) is 25.8 Å². The van der Waals surface area contributed by atoms with E-state index < -0.39 is 0 Å². The summed E-state index contributed by atoms with van der Waals surface area (Å²) in [6.07, 6.45) is 0. The molecule has 212 valence electrons. The molecule has 0 fully saturated rings. The fraction of sp³-hybridized carbons (Fsp3) is 0.128. The van der Waals surface area contributed by atoms with Crippen LogP contribution >= 0.6 is 0 Å². The predicted octanol–water partition coefficient (Wildman–Crippen LogP) is 10.2. The Morgan fingerprint density at radius 3 is 1.67 bits per heavy atom. The number of aromatic nitrogens is 2. The summed E-state index contributed by atoms with van der Waals surface area (Å²) in [5.74, 6) is 0. The summed E-state index contributed by atoms with van der Waals surface area (Å²) in [6, 6.07) is 49.7. The van der Waals surface area contributed by atoms with Gasteiger partial charge in [-0.05, 0) is 61.4 Å². The van der Waals surface area contributed by atoms with Crippen molar-refractivity contribution in [1.29, 1.82) is 0 Å². The van der Waals surface area contributed by atoms with E-state index in [0.717, 1.165) is 39.5 Å². The van der Waals surface area contributed by atoms with Crippen LogP contribution in [0.25, 0.3) is 44.8 Å². The molecule has 42 heavy (non-hydrogen) atoms. The number of hydrogen-bond donors (Lipinski definition) is 0. The van der Waals surface area contributed by atoms with Crippen LogP contribution in [0.5, 0.6) is 0 Å². The molecule has 0 radical (unpaired) electrons. The summed E-state index contributed by atoms with van der Waals surface area (Å²) in [5, 5.41) is 0. The second kappa shape index (κ2) is 13.2. The van der Waals surface area contributed by atoms with Crippen LogP contribution in [0, 0.1) is 13.0 Å². The molecule has 0 aliphatic heterocycles. The molecule has 0 bridgehead atoms. The van der Waals surface area contributed by atoms with E-state index in [1.165, 1.54) is 22.3 Å². The van der Waals surface area contributed by atoms with E-state index in [0.29, 0.717) is 0 Å². The molecule has 2 aromatic heterocycles. The van der Waals surface area contributed by atoms with Gasteiger partial charge in [-0.25, -0.2) is 0 Å². The van der Waals surface area contributed by atoms with Crippen molar-refractivity contribution < 1.29 is 21.1 Å². The average Bonchev–Trinajstić information content (AvgIpc) is 3.02. The molecular formula is C39H35N2Pt-. The van der Waals surface area contributed by atoms with Crippen molar-refractivity contribution in [1.82, 2.24) is 9.97 Å². The van der Waals surface area contributed by atoms with Crippen molar-refractivity contribution in [3.8, 4) is 44.8 Å².